The van der Waals surface area contributed by atoms with Gasteiger partial charge in [0.2, 0.25) is 0 Å². The van der Waals surface area contributed by atoms with Crippen LogP contribution >= 0.6 is 0 Å². The number of aromatic carboxylic acids is 1. The zero-order valence-electron chi connectivity index (χ0n) is 10.9. The number of anilines is 1. The molecular formula is C13H16N4O2. The van der Waals surface area contributed by atoms with E-state index in [2.05, 4.69) is 15.5 Å². The standard InChI is InChI=1S/C13H16N4O2/c1-3-17-8-15-16-12(17)7-14-11-5-4-10(13(18)19)6-9(11)2/h4-6,8,14H,3,7H2,1-2H3,(H,18,19). The molecule has 0 fully saturated rings. The van der Waals surface area contributed by atoms with Gasteiger partial charge in [-0.25, -0.2) is 4.79 Å². The Morgan fingerprint density at radius 1 is 1.47 bits per heavy atom. The Hall–Kier alpha value is -2.37. The number of hydrogen-bond donors (Lipinski definition) is 2. The maximum absolute atomic E-state index is 10.9. The molecule has 2 aromatic rings. The first-order valence-corrected chi connectivity index (χ1v) is 6.06. The first-order chi connectivity index (χ1) is 9.11. The van der Waals surface area contributed by atoms with Crippen LogP contribution in [-0.2, 0) is 13.1 Å². The lowest BCUT2D eigenvalue weighted by atomic mass is 10.1. The molecule has 0 bridgehead atoms. The average Bonchev–Trinajstić information content (AvgIpc) is 2.84. The van der Waals surface area contributed by atoms with Crippen molar-refractivity contribution in [2.75, 3.05) is 5.32 Å². The predicted octanol–water partition coefficient (Wildman–Crippen LogP) is 1.92. The minimum Gasteiger partial charge on any atom is -0.478 e. The molecule has 0 saturated carbocycles. The van der Waals surface area contributed by atoms with E-state index in [1.54, 1.807) is 24.5 Å². The van der Waals surface area contributed by atoms with Crippen molar-refractivity contribution in [1.82, 2.24) is 14.8 Å². The summed E-state index contributed by atoms with van der Waals surface area (Å²) < 4.78 is 1.95. The van der Waals surface area contributed by atoms with Gasteiger partial charge in [-0.2, -0.15) is 0 Å². The second kappa shape index (κ2) is 5.51. The van der Waals surface area contributed by atoms with Crippen molar-refractivity contribution in [3.05, 3.63) is 41.5 Å². The zero-order chi connectivity index (χ0) is 13.8. The topological polar surface area (TPSA) is 80.0 Å². The van der Waals surface area contributed by atoms with Crippen LogP contribution in [-0.4, -0.2) is 25.8 Å². The summed E-state index contributed by atoms with van der Waals surface area (Å²) in [7, 11) is 0. The van der Waals surface area contributed by atoms with E-state index in [4.69, 9.17) is 5.11 Å². The van der Waals surface area contributed by atoms with Crippen LogP contribution in [0.1, 0.15) is 28.7 Å². The minimum atomic E-state index is -0.916. The molecule has 0 saturated heterocycles. The van der Waals surface area contributed by atoms with E-state index in [1.165, 1.54) is 0 Å². The highest BCUT2D eigenvalue weighted by molar-refractivity contribution is 5.88. The lowest BCUT2D eigenvalue weighted by Crippen LogP contribution is -2.08. The molecule has 0 aliphatic carbocycles. The number of nitrogens with one attached hydrogen (secondary N) is 1. The van der Waals surface area contributed by atoms with Crippen LogP contribution in [0.4, 0.5) is 5.69 Å². The number of rotatable bonds is 5. The third-order valence-corrected chi connectivity index (χ3v) is 2.95. The Kier molecular flexibility index (Phi) is 3.79. The Labute approximate surface area is 111 Å². The smallest absolute Gasteiger partial charge is 0.335 e. The molecule has 19 heavy (non-hydrogen) atoms. The van der Waals surface area contributed by atoms with Crippen molar-refractivity contribution >= 4 is 11.7 Å². The number of carboxylic acid groups (broad SMARTS) is 1. The third-order valence-electron chi connectivity index (χ3n) is 2.95. The first kappa shape index (κ1) is 13.1. The fourth-order valence-electron chi connectivity index (χ4n) is 1.85. The third kappa shape index (κ3) is 2.90. The van der Waals surface area contributed by atoms with E-state index < -0.39 is 5.97 Å². The summed E-state index contributed by atoms with van der Waals surface area (Å²) in [6.07, 6.45) is 1.69. The van der Waals surface area contributed by atoms with Gasteiger partial charge in [0.15, 0.2) is 5.82 Å². The molecule has 6 heteroatoms. The van der Waals surface area contributed by atoms with Gasteiger partial charge >= 0.3 is 5.97 Å². The molecule has 1 aromatic heterocycles. The lowest BCUT2D eigenvalue weighted by Gasteiger charge is -2.10. The number of carboxylic acids is 1. The Bertz CT molecular complexity index is 592. The molecule has 0 amide bonds. The van der Waals surface area contributed by atoms with E-state index in [0.717, 1.165) is 23.6 Å². The maximum atomic E-state index is 10.9. The second-order valence-corrected chi connectivity index (χ2v) is 4.22. The van der Waals surface area contributed by atoms with Crippen LogP contribution in [0.2, 0.25) is 0 Å². The molecule has 0 radical (unpaired) electrons. The molecule has 1 aromatic carbocycles. The fraction of sp³-hybridized carbons (Fsp3) is 0.308. The van der Waals surface area contributed by atoms with Gasteiger partial charge in [-0.05, 0) is 37.6 Å². The van der Waals surface area contributed by atoms with Crippen LogP contribution < -0.4 is 5.32 Å². The van der Waals surface area contributed by atoms with Crippen LogP contribution in [0, 0.1) is 6.92 Å². The monoisotopic (exact) mass is 260 g/mol. The number of nitrogens with zero attached hydrogens (tertiary/aromatic N) is 3. The van der Waals surface area contributed by atoms with Crippen molar-refractivity contribution < 1.29 is 9.90 Å². The Balaban J connectivity index is 2.10. The quantitative estimate of drug-likeness (QED) is 0.858. The summed E-state index contributed by atoms with van der Waals surface area (Å²) in [5.41, 5.74) is 2.08. The van der Waals surface area contributed by atoms with Gasteiger partial charge in [0.05, 0.1) is 12.1 Å². The molecule has 0 unspecified atom stereocenters. The Morgan fingerprint density at radius 3 is 2.89 bits per heavy atom. The number of hydrogen-bond acceptors (Lipinski definition) is 4. The van der Waals surface area contributed by atoms with Gasteiger partial charge in [0.1, 0.15) is 6.33 Å². The van der Waals surface area contributed by atoms with E-state index in [1.807, 2.05) is 18.4 Å². The lowest BCUT2D eigenvalue weighted by molar-refractivity contribution is 0.0697. The SMILES string of the molecule is CCn1cnnc1CNc1ccc(C(=O)O)cc1C. The fourth-order valence-corrected chi connectivity index (χ4v) is 1.85. The van der Waals surface area contributed by atoms with E-state index >= 15 is 0 Å². The number of aryl methyl sites for hydroxylation is 2. The molecule has 1 heterocycles. The predicted molar refractivity (Wildman–Crippen MR) is 71.2 cm³/mol. The normalized spacial score (nSPS) is 10.4. The van der Waals surface area contributed by atoms with Gasteiger partial charge < -0.3 is 15.0 Å². The molecule has 0 spiro atoms. The molecule has 2 N–H and O–H groups in total. The van der Waals surface area contributed by atoms with Crippen molar-refractivity contribution in [3.8, 4) is 0 Å². The average molecular weight is 260 g/mol. The largest absolute Gasteiger partial charge is 0.478 e. The highest BCUT2D eigenvalue weighted by Gasteiger charge is 2.07. The number of carbonyl (C=O) groups is 1. The first-order valence-electron chi connectivity index (χ1n) is 6.06. The van der Waals surface area contributed by atoms with Crippen molar-refractivity contribution in [1.29, 1.82) is 0 Å². The minimum absolute atomic E-state index is 0.291. The summed E-state index contributed by atoms with van der Waals surface area (Å²) in [6, 6.07) is 5.00. The van der Waals surface area contributed by atoms with Gasteiger partial charge in [-0.3, -0.25) is 0 Å². The van der Waals surface area contributed by atoms with E-state index in [0.29, 0.717) is 12.1 Å². The second-order valence-electron chi connectivity index (χ2n) is 4.22. The molecular weight excluding hydrogens is 244 g/mol. The van der Waals surface area contributed by atoms with Crippen molar-refractivity contribution in [2.24, 2.45) is 0 Å². The van der Waals surface area contributed by atoms with Crippen LogP contribution in [0.25, 0.3) is 0 Å². The van der Waals surface area contributed by atoms with Gasteiger partial charge in [0, 0.05) is 12.2 Å². The van der Waals surface area contributed by atoms with Gasteiger partial charge in [-0.15, -0.1) is 10.2 Å². The van der Waals surface area contributed by atoms with Gasteiger partial charge in [0.25, 0.3) is 0 Å². The van der Waals surface area contributed by atoms with Gasteiger partial charge in [-0.1, -0.05) is 0 Å². The van der Waals surface area contributed by atoms with E-state index in [-0.39, 0.29) is 0 Å². The molecule has 0 atom stereocenters. The molecule has 0 aliphatic heterocycles. The molecule has 0 aliphatic rings. The molecule has 100 valence electrons. The summed E-state index contributed by atoms with van der Waals surface area (Å²) in [5.74, 6) is -0.0652. The highest BCUT2D eigenvalue weighted by Crippen LogP contribution is 2.17. The molecule has 2 rings (SSSR count). The van der Waals surface area contributed by atoms with E-state index in [9.17, 15) is 4.79 Å². The van der Waals surface area contributed by atoms with Crippen molar-refractivity contribution in [2.45, 2.75) is 26.9 Å². The summed E-state index contributed by atoms with van der Waals surface area (Å²) >= 11 is 0. The number of benzene rings is 1. The van der Waals surface area contributed by atoms with Crippen LogP contribution in [0.5, 0.6) is 0 Å². The summed E-state index contributed by atoms with van der Waals surface area (Å²) in [4.78, 5) is 10.9. The highest BCUT2D eigenvalue weighted by atomic mass is 16.4. The summed E-state index contributed by atoms with van der Waals surface area (Å²) in [6.45, 7) is 5.28. The van der Waals surface area contributed by atoms with Crippen LogP contribution in [0.3, 0.4) is 0 Å². The maximum Gasteiger partial charge on any atom is 0.335 e. The van der Waals surface area contributed by atoms with Crippen molar-refractivity contribution in [3.63, 3.8) is 0 Å². The molecule has 6 nitrogen and oxygen atoms in total. The zero-order valence-corrected chi connectivity index (χ0v) is 10.9. The summed E-state index contributed by atoms with van der Waals surface area (Å²) in [5, 5.41) is 20.0. The van der Waals surface area contributed by atoms with Crippen LogP contribution in [0.15, 0.2) is 24.5 Å². The number of aromatic nitrogens is 3. The Morgan fingerprint density at radius 2 is 2.26 bits per heavy atom.